The highest BCUT2D eigenvalue weighted by Gasteiger charge is 2.35. The number of amides is 2. The Labute approximate surface area is 203 Å². The lowest BCUT2D eigenvalue weighted by atomic mass is 9.82. The molecule has 0 spiro atoms. The number of hydrogen-bond acceptors (Lipinski definition) is 4. The number of halogens is 3. The number of hydrogen-bond donors (Lipinski definition) is 3. The minimum Gasteiger partial charge on any atom is -0.371 e. The highest BCUT2D eigenvalue weighted by atomic mass is 19.4. The molecule has 2 fully saturated rings. The van der Waals surface area contributed by atoms with Crippen LogP contribution in [-0.4, -0.2) is 31.4 Å². The first-order valence-electron chi connectivity index (χ1n) is 11.9. The van der Waals surface area contributed by atoms with Gasteiger partial charge in [-0.05, 0) is 54.2 Å². The molecule has 2 aliphatic heterocycles. The largest absolute Gasteiger partial charge is 0.418 e. The molecule has 3 N–H and O–H groups in total. The van der Waals surface area contributed by atoms with E-state index in [1.165, 1.54) is 12.1 Å². The molecule has 2 amide bonds. The Morgan fingerprint density at radius 1 is 1.11 bits per heavy atom. The molecule has 0 radical (unpaired) electrons. The molecule has 2 aromatic rings. The molecule has 2 saturated heterocycles. The number of rotatable bonds is 6. The summed E-state index contributed by atoms with van der Waals surface area (Å²) in [6, 6.07) is 11.3. The van der Waals surface area contributed by atoms with Gasteiger partial charge in [-0.3, -0.25) is 9.59 Å². The number of carbonyl (C=O) groups excluding carboxylic acids is 2. The first kappa shape index (κ1) is 24.9. The van der Waals surface area contributed by atoms with E-state index in [1.807, 2.05) is 4.90 Å². The van der Waals surface area contributed by atoms with E-state index in [2.05, 4.69) is 29.8 Å². The van der Waals surface area contributed by atoms with Crippen LogP contribution in [0.5, 0.6) is 0 Å². The van der Waals surface area contributed by atoms with E-state index in [9.17, 15) is 22.8 Å². The number of alkyl halides is 3. The summed E-state index contributed by atoms with van der Waals surface area (Å²) in [4.78, 5) is 25.4. The summed E-state index contributed by atoms with van der Waals surface area (Å²) in [5.74, 6) is -0.701. The van der Waals surface area contributed by atoms with Crippen LogP contribution in [0, 0.1) is 11.3 Å². The van der Waals surface area contributed by atoms with Gasteiger partial charge in [-0.1, -0.05) is 26.0 Å². The van der Waals surface area contributed by atoms with E-state index in [4.69, 9.17) is 0 Å². The fourth-order valence-corrected chi connectivity index (χ4v) is 4.43. The molecule has 6 nitrogen and oxygen atoms in total. The van der Waals surface area contributed by atoms with Gasteiger partial charge in [-0.2, -0.15) is 13.2 Å². The Balaban J connectivity index is 1.41. The lowest BCUT2D eigenvalue weighted by molar-refractivity contribution is -0.137. The highest BCUT2D eigenvalue weighted by Crippen LogP contribution is 2.40. The van der Waals surface area contributed by atoms with Crippen molar-refractivity contribution < 1.29 is 22.8 Å². The Morgan fingerprint density at radius 3 is 2.40 bits per heavy atom. The smallest absolute Gasteiger partial charge is 0.371 e. The third-order valence-electron chi connectivity index (χ3n) is 6.84. The zero-order valence-corrected chi connectivity index (χ0v) is 20.0. The van der Waals surface area contributed by atoms with Crippen molar-refractivity contribution >= 4 is 28.9 Å². The van der Waals surface area contributed by atoms with Crippen LogP contribution in [0.3, 0.4) is 0 Å². The van der Waals surface area contributed by atoms with Crippen molar-refractivity contribution in [2.45, 2.75) is 45.8 Å². The van der Waals surface area contributed by atoms with Gasteiger partial charge in [0.15, 0.2) is 0 Å². The Kier molecular flexibility index (Phi) is 6.96. The van der Waals surface area contributed by atoms with Crippen molar-refractivity contribution in [3.63, 3.8) is 0 Å². The number of nitrogens with zero attached hydrogens (tertiary/aromatic N) is 1. The van der Waals surface area contributed by atoms with Crippen LogP contribution in [0.1, 0.15) is 44.2 Å². The minimum absolute atomic E-state index is 0.00181. The van der Waals surface area contributed by atoms with Crippen molar-refractivity contribution in [2.75, 3.05) is 29.9 Å². The molecule has 1 unspecified atom stereocenters. The Hall–Kier alpha value is -3.23. The lowest BCUT2D eigenvalue weighted by Crippen LogP contribution is -2.37. The summed E-state index contributed by atoms with van der Waals surface area (Å²) >= 11 is 0. The van der Waals surface area contributed by atoms with Gasteiger partial charge < -0.3 is 20.9 Å². The maximum atomic E-state index is 13.9. The van der Waals surface area contributed by atoms with Gasteiger partial charge in [-0.15, -0.1) is 0 Å². The number of nitrogens with one attached hydrogen (secondary N) is 3. The summed E-state index contributed by atoms with van der Waals surface area (Å²) < 4.78 is 41.7. The van der Waals surface area contributed by atoms with E-state index in [1.54, 1.807) is 30.3 Å². The Bertz CT molecular complexity index is 1070. The van der Waals surface area contributed by atoms with Gasteiger partial charge in [0.05, 0.1) is 17.2 Å². The van der Waals surface area contributed by atoms with Crippen LogP contribution in [0.4, 0.5) is 30.2 Å². The van der Waals surface area contributed by atoms with Crippen molar-refractivity contribution in [3.8, 4) is 0 Å². The molecule has 35 heavy (non-hydrogen) atoms. The van der Waals surface area contributed by atoms with Crippen molar-refractivity contribution in [1.29, 1.82) is 0 Å². The van der Waals surface area contributed by atoms with Crippen LogP contribution in [-0.2, 0) is 22.3 Å². The van der Waals surface area contributed by atoms with E-state index >= 15 is 0 Å². The topological polar surface area (TPSA) is 73.5 Å². The second-order valence-electron chi connectivity index (χ2n) is 10.1. The molecule has 2 aromatic carbocycles. The molecule has 0 saturated carbocycles. The summed E-state index contributed by atoms with van der Waals surface area (Å²) in [5.41, 5.74) is 1.42. The molecule has 0 bridgehead atoms. The maximum Gasteiger partial charge on any atom is 0.418 e. The second kappa shape index (κ2) is 9.79. The molecular weight excluding hydrogens is 457 g/mol. The molecule has 2 heterocycles. The van der Waals surface area contributed by atoms with Crippen LogP contribution in [0.25, 0.3) is 0 Å². The average molecular weight is 489 g/mol. The third kappa shape index (κ3) is 6.26. The van der Waals surface area contributed by atoms with Gasteiger partial charge in [0.1, 0.15) is 0 Å². The minimum atomic E-state index is -4.49. The highest BCUT2D eigenvalue weighted by molar-refractivity contribution is 5.89. The standard InChI is InChI=1S/C26H31F3N4O2/c1-25(2)9-11-33(12-10-25)20-7-8-22(21(14-20)26(27,28)29)32-19-5-3-17(4-6-19)15-31-24(35)18-13-23(34)30-16-18/h3-8,14,18,32H,9-13,15-16H2,1-2H3,(H,30,34)(H,31,35). The quantitative estimate of drug-likeness (QED) is 0.545. The molecule has 0 aliphatic carbocycles. The number of benzene rings is 2. The zero-order valence-electron chi connectivity index (χ0n) is 20.0. The predicted molar refractivity (Wildman–Crippen MR) is 129 cm³/mol. The summed E-state index contributed by atoms with van der Waals surface area (Å²) in [7, 11) is 0. The molecule has 1 atom stereocenters. The average Bonchev–Trinajstić information content (AvgIpc) is 3.24. The first-order chi connectivity index (χ1) is 16.5. The normalized spacial score (nSPS) is 19.9. The zero-order chi connectivity index (χ0) is 25.2. The van der Waals surface area contributed by atoms with Gasteiger partial charge in [0.2, 0.25) is 11.8 Å². The monoisotopic (exact) mass is 488 g/mol. The van der Waals surface area contributed by atoms with Gasteiger partial charge in [-0.25, -0.2) is 0 Å². The number of piperidine rings is 1. The SMILES string of the molecule is CC1(C)CCN(c2ccc(Nc3ccc(CNC(=O)C4CNC(=O)C4)cc3)c(C(F)(F)F)c2)CC1. The lowest BCUT2D eigenvalue weighted by Gasteiger charge is -2.38. The van der Waals surface area contributed by atoms with E-state index < -0.39 is 11.7 Å². The first-order valence-corrected chi connectivity index (χ1v) is 11.9. The predicted octanol–water partition coefficient (Wildman–Crippen LogP) is 4.83. The van der Waals surface area contributed by atoms with Crippen LogP contribution >= 0.6 is 0 Å². The number of anilines is 3. The van der Waals surface area contributed by atoms with E-state index in [0.29, 0.717) is 17.9 Å². The van der Waals surface area contributed by atoms with E-state index in [-0.39, 0.29) is 41.8 Å². The van der Waals surface area contributed by atoms with Gasteiger partial charge in [0, 0.05) is 44.0 Å². The van der Waals surface area contributed by atoms with Crippen LogP contribution < -0.4 is 20.9 Å². The van der Waals surface area contributed by atoms with Crippen LogP contribution in [0.2, 0.25) is 0 Å². The van der Waals surface area contributed by atoms with Crippen molar-refractivity contribution in [3.05, 3.63) is 53.6 Å². The van der Waals surface area contributed by atoms with Crippen molar-refractivity contribution in [2.24, 2.45) is 11.3 Å². The molecule has 4 rings (SSSR count). The van der Waals surface area contributed by atoms with Crippen LogP contribution in [0.15, 0.2) is 42.5 Å². The number of carbonyl (C=O) groups is 2. The summed E-state index contributed by atoms with van der Waals surface area (Å²) in [6.45, 7) is 6.47. The van der Waals surface area contributed by atoms with Crippen molar-refractivity contribution in [1.82, 2.24) is 10.6 Å². The molecular formula is C26H31F3N4O2. The molecule has 0 aromatic heterocycles. The van der Waals surface area contributed by atoms with Gasteiger partial charge >= 0.3 is 6.18 Å². The fourth-order valence-electron chi connectivity index (χ4n) is 4.43. The third-order valence-corrected chi connectivity index (χ3v) is 6.84. The van der Waals surface area contributed by atoms with E-state index in [0.717, 1.165) is 31.5 Å². The second-order valence-corrected chi connectivity index (χ2v) is 10.1. The fraction of sp³-hybridized carbons (Fsp3) is 0.462. The molecule has 2 aliphatic rings. The molecule has 9 heteroatoms. The summed E-state index contributed by atoms with van der Waals surface area (Å²) in [5, 5.41) is 8.32. The van der Waals surface area contributed by atoms with Gasteiger partial charge in [0.25, 0.3) is 0 Å². The molecule has 188 valence electrons. The Morgan fingerprint density at radius 2 is 1.80 bits per heavy atom. The maximum absolute atomic E-state index is 13.9. The summed E-state index contributed by atoms with van der Waals surface area (Å²) in [6.07, 6.45) is -2.42.